The molecule has 1 aromatic heterocycles. The van der Waals surface area contributed by atoms with Crippen LogP contribution < -0.4 is 15.4 Å². The molecule has 0 aromatic carbocycles. The molecular weight excluding hydrogens is 220 g/mol. The van der Waals surface area contributed by atoms with Crippen LogP contribution in [0.1, 0.15) is 18.5 Å². The number of aromatic nitrogens is 2. The Hall–Kier alpha value is -1.69. The average Bonchev–Trinajstić information content (AvgIpc) is 2.28. The third kappa shape index (κ3) is 4.78. The van der Waals surface area contributed by atoms with Gasteiger partial charge in [-0.2, -0.15) is 4.98 Å². The van der Waals surface area contributed by atoms with E-state index in [9.17, 15) is 4.79 Å². The van der Waals surface area contributed by atoms with E-state index in [4.69, 9.17) is 4.74 Å². The molecule has 1 amide bonds. The highest BCUT2D eigenvalue weighted by atomic mass is 16.5. The minimum absolute atomic E-state index is 0.0552. The number of hydrogen-bond acceptors (Lipinski definition) is 5. The van der Waals surface area contributed by atoms with Gasteiger partial charge in [-0.3, -0.25) is 4.79 Å². The van der Waals surface area contributed by atoms with Crippen molar-refractivity contribution in [2.75, 3.05) is 26.0 Å². The predicted octanol–water partition coefficient (Wildman–Crippen LogP) is 0.732. The lowest BCUT2D eigenvalue weighted by Gasteiger charge is -2.06. The monoisotopic (exact) mass is 238 g/mol. The number of rotatable bonds is 6. The molecule has 1 rings (SSSR count). The number of anilines is 1. The highest BCUT2D eigenvalue weighted by molar-refractivity contribution is 5.89. The Labute approximate surface area is 101 Å². The summed E-state index contributed by atoms with van der Waals surface area (Å²) < 4.78 is 4.93. The highest BCUT2D eigenvalue weighted by Crippen LogP contribution is 2.11. The maximum Gasteiger partial charge on any atom is 0.318 e. The second kappa shape index (κ2) is 6.80. The lowest BCUT2D eigenvalue weighted by atomic mass is 10.3. The van der Waals surface area contributed by atoms with Gasteiger partial charge in [-0.05, 0) is 26.9 Å². The van der Waals surface area contributed by atoms with E-state index >= 15 is 0 Å². The molecule has 94 valence electrons. The van der Waals surface area contributed by atoms with Crippen LogP contribution in [-0.4, -0.2) is 36.6 Å². The van der Waals surface area contributed by atoms with Crippen molar-refractivity contribution in [2.24, 2.45) is 0 Å². The van der Waals surface area contributed by atoms with Gasteiger partial charge in [0, 0.05) is 18.2 Å². The molecule has 1 heterocycles. The second-order valence-electron chi connectivity index (χ2n) is 3.64. The van der Waals surface area contributed by atoms with Crippen molar-refractivity contribution in [3.8, 4) is 6.01 Å². The quantitative estimate of drug-likeness (QED) is 0.715. The number of hydrogen-bond donors (Lipinski definition) is 2. The molecule has 0 fully saturated rings. The van der Waals surface area contributed by atoms with E-state index in [-0.39, 0.29) is 11.9 Å². The molecule has 0 radical (unpaired) electrons. The molecule has 1 aromatic rings. The summed E-state index contributed by atoms with van der Waals surface area (Å²) in [6.45, 7) is 2.64. The van der Waals surface area contributed by atoms with Crippen LogP contribution in [0.3, 0.4) is 0 Å². The zero-order valence-electron chi connectivity index (χ0n) is 10.4. The minimum atomic E-state index is -0.0552. The van der Waals surface area contributed by atoms with Gasteiger partial charge >= 0.3 is 6.01 Å². The number of methoxy groups -OCH3 is 1. The molecule has 2 N–H and O–H groups in total. The van der Waals surface area contributed by atoms with Crippen molar-refractivity contribution >= 4 is 11.7 Å². The lowest BCUT2D eigenvalue weighted by molar-refractivity contribution is -0.116. The number of nitrogens with one attached hydrogen (secondary N) is 2. The van der Waals surface area contributed by atoms with Crippen LogP contribution in [-0.2, 0) is 4.79 Å². The molecule has 0 aliphatic heterocycles. The zero-order chi connectivity index (χ0) is 12.7. The first-order valence-electron chi connectivity index (χ1n) is 5.50. The van der Waals surface area contributed by atoms with Crippen LogP contribution in [0.5, 0.6) is 6.01 Å². The second-order valence-corrected chi connectivity index (χ2v) is 3.64. The summed E-state index contributed by atoms with van der Waals surface area (Å²) in [5.41, 5.74) is 0.752. The van der Waals surface area contributed by atoms with E-state index < -0.39 is 0 Å². The Balaban J connectivity index is 2.55. The van der Waals surface area contributed by atoms with Crippen molar-refractivity contribution in [3.63, 3.8) is 0 Å². The molecule has 0 spiro atoms. The van der Waals surface area contributed by atoms with Crippen LogP contribution in [0.4, 0.5) is 5.82 Å². The van der Waals surface area contributed by atoms with Gasteiger partial charge in [-0.25, -0.2) is 4.98 Å². The van der Waals surface area contributed by atoms with Crippen molar-refractivity contribution in [1.29, 1.82) is 0 Å². The van der Waals surface area contributed by atoms with Gasteiger partial charge in [0.05, 0.1) is 7.11 Å². The molecular formula is C11H18N4O2. The number of aryl methyl sites for hydroxylation is 1. The summed E-state index contributed by atoms with van der Waals surface area (Å²) in [6, 6.07) is 1.97. The standard InChI is InChI=1S/C11H18N4O2/c1-8-7-9(15-11(13-8)17-3)14-10(16)5-4-6-12-2/h7,12H,4-6H2,1-3H3,(H,13,14,15,16). The van der Waals surface area contributed by atoms with Crippen LogP contribution in [0, 0.1) is 6.92 Å². The smallest absolute Gasteiger partial charge is 0.318 e. The summed E-state index contributed by atoms with van der Waals surface area (Å²) in [6.07, 6.45) is 1.26. The number of nitrogens with zero attached hydrogens (tertiary/aromatic N) is 2. The first-order valence-corrected chi connectivity index (χ1v) is 5.50. The SMILES string of the molecule is CNCCCC(=O)Nc1cc(C)nc(OC)n1. The van der Waals surface area contributed by atoms with Gasteiger partial charge < -0.3 is 15.4 Å². The third-order valence-corrected chi connectivity index (χ3v) is 2.11. The molecule has 6 nitrogen and oxygen atoms in total. The van der Waals surface area contributed by atoms with E-state index in [1.807, 2.05) is 14.0 Å². The van der Waals surface area contributed by atoms with Gasteiger partial charge in [0.25, 0.3) is 0 Å². The average molecular weight is 238 g/mol. The Morgan fingerprint density at radius 1 is 1.47 bits per heavy atom. The molecule has 0 saturated carbocycles. The van der Waals surface area contributed by atoms with Gasteiger partial charge in [0.15, 0.2) is 0 Å². The Morgan fingerprint density at radius 3 is 2.88 bits per heavy atom. The maximum atomic E-state index is 11.6. The predicted molar refractivity (Wildman–Crippen MR) is 65.1 cm³/mol. The highest BCUT2D eigenvalue weighted by Gasteiger charge is 2.06. The van der Waals surface area contributed by atoms with E-state index in [1.165, 1.54) is 7.11 Å². The fourth-order valence-corrected chi connectivity index (χ4v) is 1.33. The van der Waals surface area contributed by atoms with Crippen molar-refractivity contribution in [1.82, 2.24) is 15.3 Å². The fourth-order valence-electron chi connectivity index (χ4n) is 1.33. The molecule has 6 heteroatoms. The van der Waals surface area contributed by atoms with E-state index in [1.54, 1.807) is 6.07 Å². The molecule has 0 bridgehead atoms. The molecule has 0 saturated heterocycles. The molecule has 0 atom stereocenters. The van der Waals surface area contributed by atoms with Crippen molar-refractivity contribution in [3.05, 3.63) is 11.8 Å². The lowest BCUT2D eigenvalue weighted by Crippen LogP contribution is -2.16. The fraction of sp³-hybridized carbons (Fsp3) is 0.545. The first-order chi connectivity index (χ1) is 8.15. The summed E-state index contributed by atoms with van der Waals surface area (Å²) >= 11 is 0. The number of amides is 1. The van der Waals surface area contributed by atoms with Crippen LogP contribution in [0.2, 0.25) is 0 Å². The first kappa shape index (κ1) is 13.4. The topological polar surface area (TPSA) is 76.1 Å². The molecule has 0 aliphatic rings. The Morgan fingerprint density at radius 2 is 2.24 bits per heavy atom. The summed E-state index contributed by atoms with van der Waals surface area (Å²) in [7, 11) is 3.35. The maximum absolute atomic E-state index is 11.6. The minimum Gasteiger partial charge on any atom is -0.467 e. The third-order valence-electron chi connectivity index (χ3n) is 2.11. The normalized spacial score (nSPS) is 10.1. The van der Waals surface area contributed by atoms with Crippen LogP contribution >= 0.6 is 0 Å². The van der Waals surface area contributed by atoms with E-state index in [0.29, 0.717) is 12.2 Å². The summed E-state index contributed by atoms with van der Waals surface area (Å²) in [4.78, 5) is 19.6. The van der Waals surface area contributed by atoms with Gasteiger partial charge in [0.1, 0.15) is 5.82 Å². The summed E-state index contributed by atoms with van der Waals surface area (Å²) in [5, 5.41) is 5.71. The summed E-state index contributed by atoms with van der Waals surface area (Å²) in [5.74, 6) is 0.421. The Kier molecular flexibility index (Phi) is 5.35. The van der Waals surface area contributed by atoms with Crippen molar-refractivity contribution < 1.29 is 9.53 Å². The number of carbonyl (C=O) groups is 1. The van der Waals surface area contributed by atoms with Gasteiger partial charge in [-0.15, -0.1) is 0 Å². The van der Waals surface area contributed by atoms with Crippen molar-refractivity contribution in [2.45, 2.75) is 19.8 Å². The molecule has 0 aliphatic carbocycles. The van der Waals surface area contributed by atoms with E-state index in [2.05, 4.69) is 20.6 Å². The van der Waals surface area contributed by atoms with Gasteiger partial charge in [0.2, 0.25) is 5.91 Å². The van der Waals surface area contributed by atoms with E-state index in [0.717, 1.165) is 18.7 Å². The molecule has 0 unspecified atom stereocenters. The Bertz CT molecular complexity index is 382. The van der Waals surface area contributed by atoms with Gasteiger partial charge in [-0.1, -0.05) is 0 Å². The zero-order valence-corrected chi connectivity index (χ0v) is 10.4. The van der Waals surface area contributed by atoms with Crippen LogP contribution in [0.15, 0.2) is 6.07 Å². The van der Waals surface area contributed by atoms with Crippen LogP contribution in [0.25, 0.3) is 0 Å². The number of ether oxygens (including phenoxy) is 1. The number of carbonyl (C=O) groups excluding carboxylic acids is 1. The molecule has 17 heavy (non-hydrogen) atoms. The largest absolute Gasteiger partial charge is 0.467 e.